The molecular formula is C10H9NO3. The molecule has 0 aliphatic heterocycles. The zero-order valence-corrected chi connectivity index (χ0v) is 7.32. The number of aliphatic hydroxyl groups is 1. The molecule has 4 heteroatoms. The molecule has 0 fully saturated rings. The summed E-state index contributed by atoms with van der Waals surface area (Å²) in [6.07, 6.45) is 1.73. The summed E-state index contributed by atoms with van der Waals surface area (Å²) in [6.45, 7) is -0.267. The number of aromatic carboxylic acids is 1. The third-order valence-electron chi connectivity index (χ3n) is 2.18. The number of aliphatic hydroxyl groups excluding tert-OH is 1. The Balaban J connectivity index is 2.72. The lowest BCUT2D eigenvalue weighted by atomic mass is 10.1. The van der Waals surface area contributed by atoms with Gasteiger partial charge in [-0.05, 0) is 23.8 Å². The number of fused-ring (bicyclic) bond motifs is 1. The van der Waals surface area contributed by atoms with E-state index in [4.69, 9.17) is 10.2 Å². The number of H-pyrrole nitrogens is 1. The van der Waals surface area contributed by atoms with E-state index in [-0.39, 0.29) is 12.2 Å². The van der Waals surface area contributed by atoms with Crippen molar-refractivity contribution in [2.45, 2.75) is 6.61 Å². The molecular weight excluding hydrogens is 182 g/mol. The molecule has 72 valence electrons. The molecule has 2 aromatic rings. The second kappa shape index (κ2) is 3.16. The lowest BCUT2D eigenvalue weighted by Gasteiger charge is -2.02. The highest BCUT2D eigenvalue weighted by molar-refractivity contribution is 5.95. The normalized spacial score (nSPS) is 10.6. The highest BCUT2D eigenvalue weighted by Gasteiger charge is 2.10. The van der Waals surface area contributed by atoms with Crippen molar-refractivity contribution < 1.29 is 15.0 Å². The Labute approximate surface area is 79.8 Å². The quantitative estimate of drug-likeness (QED) is 0.671. The fourth-order valence-corrected chi connectivity index (χ4v) is 1.48. The van der Waals surface area contributed by atoms with Crippen LogP contribution in [0.25, 0.3) is 10.9 Å². The van der Waals surface area contributed by atoms with Gasteiger partial charge in [0, 0.05) is 17.1 Å². The lowest BCUT2D eigenvalue weighted by Crippen LogP contribution is -2.02. The minimum atomic E-state index is -1.02. The molecule has 1 aromatic heterocycles. The zero-order chi connectivity index (χ0) is 10.1. The van der Waals surface area contributed by atoms with Crippen LogP contribution in [0.2, 0.25) is 0 Å². The summed E-state index contributed by atoms with van der Waals surface area (Å²) in [7, 11) is 0. The van der Waals surface area contributed by atoms with Gasteiger partial charge >= 0.3 is 5.97 Å². The molecule has 0 radical (unpaired) electrons. The molecule has 0 atom stereocenters. The first kappa shape index (κ1) is 8.77. The summed E-state index contributed by atoms with van der Waals surface area (Å²) in [6, 6.07) is 5.00. The molecule has 3 N–H and O–H groups in total. The standard InChI is InChI=1S/C10H9NO3/c12-5-7-4-9-6(1-2-11-9)3-8(7)10(13)14/h1-4,11-12H,5H2,(H,13,14). The molecule has 0 spiro atoms. The molecule has 4 nitrogen and oxygen atoms in total. The van der Waals surface area contributed by atoms with Gasteiger partial charge < -0.3 is 15.2 Å². The molecule has 0 unspecified atom stereocenters. The van der Waals surface area contributed by atoms with Gasteiger partial charge in [0.1, 0.15) is 0 Å². The van der Waals surface area contributed by atoms with Gasteiger partial charge in [0.2, 0.25) is 0 Å². The summed E-state index contributed by atoms with van der Waals surface area (Å²) in [4.78, 5) is 13.8. The van der Waals surface area contributed by atoms with Crippen molar-refractivity contribution in [1.29, 1.82) is 0 Å². The second-order valence-electron chi connectivity index (χ2n) is 3.04. The Hall–Kier alpha value is -1.81. The van der Waals surface area contributed by atoms with Gasteiger partial charge in [0.15, 0.2) is 0 Å². The van der Waals surface area contributed by atoms with Crippen LogP contribution >= 0.6 is 0 Å². The Morgan fingerprint density at radius 2 is 2.21 bits per heavy atom. The number of aromatic nitrogens is 1. The molecule has 0 aliphatic carbocycles. The third-order valence-corrected chi connectivity index (χ3v) is 2.18. The Morgan fingerprint density at radius 1 is 1.43 bits per heavy atom. The average Bonchev–Trinajstić information content (AvgIpc) is 2.62. The van der Waals surface area contributed by atoms with E-state index >= 15 is 0 Å². The molecule has 1 heterocycles. The summed E-state index contributed by atoms with van der Waals surface area (Å²) >= 11 is 0. The van der Waals surface area contributed by atoms with E-state index in [9.17, 15) is 4.79 Å². The number of carbonyl (C=O) groups is 1. The Bertz CT molecular complexity index is 487. The van der Waals surface area contributed by atoms with Crippen molar-refractivity contribution in [3.05, 3.63) is 35.5 Å². The topological polar surface area (TPSA) is 73.3 Å². The van der Waals surface area contributed by atoms with Gasteiger partial charge in [-0.15, -0.1) is 0 Å². The molecule has 0 saturated carbocycles. The summed E-state index contributed by atoms with van der Waals surface area (Å²) in [5, 5.41) is 18.7. The van der Waals surface area contributed by atoms with Crippen LogP contribution in [0.1, 0.15) is 15.9 Å². The second-order valence-corrected chi connectivity index (χ2v) is 3.04. The average molecular weight is 191 g/mol. The first-order valence-corrected chi connectivity index (χ1v) is 4.16. The van der Waals surface area contributed by atoms with Gasteiger partial charge in [0.25, 0.3) is 0 Å². The van der Waals surface area contributed by atoms with Crippen molar-refractivity contribution in [1.82, 2.24) is 4.98 Å². The number of carboxylic acid groups (broad SMARTS) is 1. The van der Waals surface area contributed by atoms with E-state index in [1.165, 1.54) is 0 Å². The van der Waals surface area contributed by atoms with E-state index < -0.39 is 5.97 Å². The highest BCUT2D eigenvalue weighted by atomic mass is 16.4. The fraction of sp³-hybridized carbons (Fsp3) is 0.100. The first-order chi connectivity index (χ1) is 6.72. The van der Waals surface area contributed by atoms with E-state index in [1.807, 2.05) is 0 Å². The van der Waals surface area contributed by atoms with Gasteiger partial charge in [-0.3, -0.25) is 0 Å². The van der Waals surface area contributed by atoms with E-state index in [2.05, 4.69) is 4.98 Å². The van der Waals surface area contributed by atoms with E-state index in [0.29, 0.717) is 5.56 Å². The zero-order valence-electron chi connectivity index (χ0n) is 7.32. The summed E-state index contributed by atoms with van der Waals surface area (Å²) < 4.78 is 0. The maximum atomic E-state index is 10.8. The Morgan fingerprint density at radius 3 is 2.86 bits per heavy atom. The maximum absolute atomic E-state index is 10.8. The van der Waals surface area contributed by atoms with Crippen molar-refractivity contribution in [2.24, 2.45) is 0 Å². The predicted molar refractivity (Wildman–Crippen MR) is 51.2 cm³/mol. The van der Waals surface area contributed by atoms with Crippen LogP contribution in [0.4, 0.5) is 0 Å². The number of carboxylic acids is 1. The lowest BCUT2D eigenvalue weighted by molar-refractivity contribution is 0.0693. The number of hydrogen-bond donors (Lipinski definition) is 3. The number of hydrogen-bond acceptors (Lipinski definition) is 2. The van der Waals surface area contributed by atoms with Crippen LogP contribution in [0.3, 0.4) is 0 Å². The summed E-state index contributed by atoms with van der Waals surface area (Å²) in [5.41, 5.74) is 1.41. The first-order valence-electron chi connectivity index (χ1n) is 4.16. The number of benzene rings is 1. The minimum Gasteiger partial charge on any atom is -0.478 e. The Kier molecular flexibility index (Phi) is 1.98. The minimum absolute atomic E-state index is 0.152. The highest BCUT2D eigenvalue weighted by Crippen LogP contribution is 2.19. The van der Waals surface area contributed by atoms with Crippen molar-refractivity contribution in [2.75, 3.05) is 0 Å². The smallest absolute Gasteiger partial charge is 0.336 e. The monoisotopic (exact) mass is 191 g/mol. The van der Waals surface area contributed by atoms with Crippen LogP contribution in [-0.2, 0) is 6.61 Å². The fourth-order valence-electron chi connectivity index (χ4n) is 1.48. The largest absolute Gasteiger partial charge is 0.478 e. The molecule has 0 bridgehead atoms. The predicted octanol–water partition coefficient (Wildman–Crippen LogP) is 1.36. The SMILES string of the molecule is O=C(O)c1cc2cc[nH]c2cc1CO. The van der Waals surface area contributed by atoms with Gasteiger partial charge in [-0.25, -0.2) is 4.79 Å². The molecule has 14 heavy (non-hydrogen) atoms. The van der Waals surface area contributed by atoms with Crippen LogP contribution in [0.15, 0.2) is 24.4 Å². The van der Waals surface area contributed by atoms with Gasteiger partial charge in [-0.2, -0.15) is 0 Å². The van der Waals surface area contributed by atoms with E-state index in [0.717, 1.165) is 10.9 Å². The third kappa shape index (κ3) is 1.25. The number of rotatable bonds is 2. The molecule has 0 amide bonds. The molecule has 2 rings (SSSR count). The molecule has 1 aromatic carbocycles. The number of nitrogens with one attached hydrogen (secondary N) is 1. The van der Waals surface area contributed by atoms with Crippen LogP contribution in [0.5, 0.6) is 0 Å². The summed E-state index contributed by atoms with van der Waals surface area (Å²) in [5.74, 6) is -1.02. The van der Waals surface area contributed by atoms with Crippen LogP contribution in [0, 0.1) is 0 Å². The van der Waals surface area contributed by atoms with Crippen molar-refractivity contribution >= 4 is 16.9 Å². The van der Waals surface area contributed by atoms with Crippen LogP contribution in [-0.4, -0.2) is 21.2 Å². The van der Waals surface area contributed by atoms with E-state index in [1.54, 1.807) is 24.4 Å². The molecule has 0 aliphatic rings. The molecule has 0 saturated heterocycles. The van der Waals surface area contributed by atoms with Gasteiger partial charge in [0.05, 0.1) is 12.2 Å². The van der Waals surface area contributed by atoms with Gasteiger partial charge in [-0.1, -0.05) is 0 Å². The maximum Gasteiger partial charge on any atom is 0.336 e. The van der Waals surface area contributed by atoms with Crippen molar-refractivity contribution in [3.8, 4) is 0 Å². The van der Waals surface area contributed by atoms with Crippen LogP contribution < -0.4 is 0 Å². The van der Waals surface area contributed by atoms with Crippen molar-refractivity contribution in [3.63, 3.8) is 0 Å². The number of aromatic amines is 1.